The van der Waals surface area contributed by atoms with E-state index in [2.05, 4.69) is 9.71 Å². The second-order valence-corrected chi connectivity index (χ2v) is 7.30. The molecule has 0 unspecified atom stereocenters. The summed E-state index contributed by atoms with van der Waals surface area (Å²) in [6, 6.07) is 2.38. The van der Waals surface area contributed by atoms with Crippen LogP contribution in [-0.4, -0.2) is 24.1 Å². The second kappa shape index (κ2) is 6.57. The summed E-state index contributed by atoms with van der Waals surface area (Å²) < 4.78 is 26.5. The molecule has 116 valence electrons. The normalized spacial score (nSPS) is 16.6. The molecule has 0 spiro atoms. The summed E-state index contributed by atoms with van der Waals surface area (Å²) in [5, 5.41) is 10.9. The molecule has 1 N–H and O–H groups in total. The van der Waals surface area contributed by atoms with Crippen LogP contribution in [0.3, 0.4) is 0 Å². The van der Waals surface area contributed by atoms with Crippen molar-refractivity contribution in [3.8, 4) is 0 Å². The topological polar surface area (TPSA) is 102 Å². The van der Waals surface area contributed by atoms with Crippen LogP contribution in [0, 0.1) is 16.0 Å². The molecule has 1 aliphatic rings. The zero-order valence-electron chi connectivity index (χ0n) is 11.3. The number of aromatic nitrogens is 1. The molecule has 0 aliphatic heterocycles. The molecule has 0 atom stereocenters. The summed E-state index contributed by atoms with van der Waals surface area (Å²) in [4.78, 5) is 13.9. The van der Waals surface area contributed by atoms with Crippen LogP contribution in [-0.2, 0) is 10.0 Å². The zero-order chi connectivity index (χ0) is 15.5. The third-order valence-corrected chi connectivity index (χ3v) is 5.09. The van der Waals surface area contributed by atoms with Gasteiger partial charge in [-0.3, -0.25) is 14.8 Å². The van der Waals surface area contributed by atoms with Gasteiger partial charge in [-0.2, -0.15) is 0 Å². The third-order valence-electron chi connectivity index (χ3n) is 3.47. The van der Waals surface area contributed by atoms with Crippen LogP contribution in [0.1, 0.15) is 32.1 Å². The SMILES string of the molecule is O=[N+]([O-])c1ccc(Cl)nc1NS(=O)(=O)CC1CCCCC1. The molecule has 1 fully saturated rings. The molecule has 1 aliphatic carbocycles. The molecule has 1 aromatic heterocycles. The van der Waals surface area contributed by atoms with Crippen molar-refractivity contribution in [1.29, 1.82) is 0 Å². The predicted octanol–water partition coefficient (Wildman–Crippen LogP) is 2.97. The maximum atomic E-state index is 12.1. The average molecular weight is 334 g/mol. The number of nitro groups is 1. The molecule has 0 saturated heterocycles. The summed E-state index contributed by atoms with van der Waals surface area (Å²) in [5.74, 6) is -0.281. The highest BCUT2D eigenvalue weighted by Gasteiger charge is 2.25. The van der Waals surface area contributed by atoms with E-state index in [1.165, 1.54) is 6.07 Å². The first-order chi connectivity index (χ1) is 9.87. The van der Waals surface area contributed by atoms with Crippen molar-refractivity contribution in [3.63, 3.8) is 0 Å². The maximum Gasteiger partial charge on any atom is 0.312 e. The molecule has 1 aromatic rings. The van der Waals surface area contributed by atoms with Crippen LogP contribution < -0.4 is 4.72 Å². The lowest BCUT2D eigenvalue weighted by Crippen LogP contribution is -2.25. The van der Waals surface area contributed by atoms with Crippen LogP contribution in [0.25, 0.3) is 0 Å². The zero-order valence-corrected chi connectivity index (χ0v) is 12.9. The number of halogens is 1. The van der Waals surface area contributed by atoms with Crippen LogP contribution in [0.4, 0.5) is 11.5 Å². The predicted molar refractivity (Wildman–Crippen MR) is 79.9 cm³/mol. The summed E-state index contributed by atoms with van der Waals surface area (Å²) in [7, 11) is -3.68. The van der Waals surface area contributed by atoms with E-state index < -0.39 is 20.6 Å². The molecule has 0 aromatic carbocycles. The van der Waals surface area contributed by atoms with Gasteiger partial charge >= 0.3 is 5.69 Å². The summed E-state index contributed by atoms with van der Waals surface area (Å²) >= 11 is 5.67. The van der Waals surface area contributed by atoms with Crippen LogP contribution in [0.2, 0.25) is 5.15 Å². The van der Waals surface area contributed by atoms with E-state index in [0.717, 1.165) is 38.2 Å². The monoisotopic (exact) mass is 333 g/mol. The van der Waals surface area contributed by atoms with Gasteiger partial charge in [-0.05, 0) is 24.8 Å². The van der Waals surface area contributed by atoms with Gasteiger partial charge in [0.2, 0.25) is 15.8 Å². The van der Waals surface area contributed by atoms with Gasteiger partial charge in [0.25, 0.3) is 0 Å². The lowest BCUT2D eigenvalue weighted by atomic mass is 9.91. The minimum atomic E-state index is -3.68. The molecule has 21 heavy (non-hydrogen) atoms. The fourth-order valence-electron chi connectivity index (χ4n) is 2.50. The van der Waals surface area contributed by atoms with Crippen LogP contribution in [0.15, 0.2) is 12.1 Å². The second-order valence-electron chi connectivity index (χ2n) is 5.15. The molecule has 7 nitrogen and oxygen atoms in total. The molecule has 0 radical (unpaired) electrons. The van der Waals surface area contributed by atoms with E-state index in [1.807, 2.05) is 0 Å². The van der Waals surface area contributed by atoms with E-state index in [0.29, 0.717) is 0 Å². The van der Waals surface area contributed by atoms with Gasteiger partial charge in [0, 0.05) is 6.07 Å². The maximum absolute atomic E-state index is 12.1. The molecule has 2 rings (SSSR count). The van der Waals surface area contributed by atoms with Crippen molar-refractivity contribution >= 4 is 33.1 Å². The number of rotatable bonds is 5. The Morgan fingerprint density at radius 2 is 2.00 bits per heavy atom. The minimum Gasteiger partial charge on any atom is -0.261 e. The first-order valence-corrected chi connectivity index (χ1v) is 8.72. The molecule has 0 amide bonds. The van der Waals surface area contributed by atoms with Crippen molar-refractivity contribution in [2.24, 2.45) is 5.92 Å². The smallest absolute Gasteiger partial charge is 0.261 e. The molecular formula is C12H16ClN3O4S. The fraction of sp³-hybridized carbons (Fsp3) is 0.583. The highest BCUT2D eigenvalue weighted by molar-refractivity contribution is 7.92. The van der Waals surface area contributed by atoms with Crippen molar-refractivity contribution in [1.82, 2.24) is 4.98 Å². The molecule has 9 heteroatoms. The number of pyridine rings is 1. The summed E-state index contributed by atoms with van der Waals surface area (Å²) in [6.45, 7) is 0. The number of nitrogens with zero attached hydrogens (tertiary/aromatic N) is 2. The number of sulfonamides is 1. The summed E-state index contributed by atoms with van der Waals surface area (Å²) in [5.41, 5.74) is -0.411. The Balaban J connectivity index is 2.15. The van der Waals surface area contributed by atoms with Crippen LogP contribution in [0.5, 0.6) is 0 Å². The fourth-order valence-corrected chi connectivity index (χ4v) is 4.13. The molecule has 1 saturated carbocycles. The molecular weight excluding hydrogens is 318 g/mol. The number of hydrogen-bond donors (Lipinski definition) is 1. The van der Waals surface area contributed by atoms with Gasteiger partial charge in [0.1, 0.15) is 5.15 Å². The first-order valence-electron chi connectivity index (χ1n) is 6.69. The van der Waals surface area contributed by atoms with Gasteiger partial charge in [-0.25, -0.2) is 13.4 Å². The molecule has 0 bridgehead atoms. The van der Waals surface area contributed by atoms with E-state index >= 15 is 0 Å². The lowest BCUT2D eigenvalue weighted by Gasteiger charge is -2.21. The number of nitrogens with one attached hydrogen (secondary N) is 1. The highest BCUT2D eigenvalue weighted by atomic mass is 35.5. The van der Waals surface area contributed by atoms with Gasteiger partial charge in [0.05, 0.1) is 10.7 Å². The third kappa shape index (κ3) is 4.53. The Morgan fingerprint density at radius 3 is 2.62 bits per heavy atom. The largest absolute Gasteiger partial charge is 0.312 e. The standard InChI is InChI=1S/C12H16ClN3O4S/c13-11-7-6-10(16(17)18)12(14-11)15-21(19,20)8-9-4-2-1-3-5-9/h6-7,9H,1-5,8H2,(H,14,15). The van der Waals surface area contributed by atoms with E-state index in [-0.39, 0.29) is 22.6 Å². The Kier molecular flexibility index (Phi) is 5.00. The van der Waals surface area contributed by atoms with Crippen molar-refractivity contribution in [2.45, 2.75) is 32.1 Å². The van der Waals surface area contributed by atoms with Crippen LogP contribution >= 0.6 is 11.6 Å². The average Bonchev–Trinajstić information content (AvgIpc) is 2.38. The Hall–Kier alpha value is -1.41. The Labute approximate surface area is 127 Å². The van der Waals surface area contributed by atoms with Crippen molar-refractivity contribution in [2.75, 3.05) is 10.5 Å². The van der Waals surface area contributed by atoms with Crippen molar-refractivity contribution < 1.29 is 13.3 Å². The van der Waals surface area contributed by atoms with E-state index in [1.54, 1.807) is 0 Å². The van der Waals surface area contributed by atoms with Gasteiger partial charge in [-0.15, -0.1) is 0 Å². The Bertz CT molecular complexity index is 629. The van der Waals surface area contributed by atoms with Gasteiger partial charge < -0.3 is 0 Å². The molecule has 1 heterocycles. The van der Waals surface area contributed by atoms with Crippen molar-refractivity contribution in [3.05, 3.63) is 27.4 Å². The Morgan fingerprint density at radius 1 is 1.33 bits per heavy atom. The minimum absolute atomic E-state index is 0.00373. The van der Waals surface area contributed by atoms with Gasteiger partial charge in [0.15, 0.2) is 0 Å². The van der Waals surface area contributed by atoms with E-state index in [4.69, 9.17) is 11.6 Å². The van der Waals surface area contributed by atoms with E-state index in [9.17, 15) is 18.5 Å². The highest BCUT2D eigenvalue weighted by Crippen LogP contribution is 2.28. The van der Waals surface area contributed by atoms with Gasteiger partial charge in [-0.1, -0.05) is 30.9 Å². The number of hydrogen-bond acceptors (Lipinski definition) is 5. The number of anilines is 1. The first kappa shape index (κ1) is 16.0. The quantitative estimate of drug-likeness (QED) is 0.507. The lowest BCUT2D eigenvalue weighted by molar-refractivity contribution is -0.384. The summed E-state index contributed by atoms with van der Waals surface area (Å²) in [6.07, 6.45) is 4.91.